The molecule has 1 aliphatic heterocycles. The van der Waals surface area contributed by atoms with Crippen molar-refractivity contribution in [3.8, 4) is 11.1 Å². The van der Waals surface area contributed by atoms with Gasteiger partial charge in [-0.15, -0.1) is 0 Å². The van der Waals surface area contributed by atoms with Gasteiger partial charge in [0.2, 0.25) is 5.95 Å². The number of nitrogen functional groups attached to an aromatic ring is 1. The smallest absolute Gasteiger partial charge is 0.220 e. The van der Waals surface area contributed by atoms with Gasteiger partial charge < -0.3 is 15.5 Å². The Bertz CT molecular complexity index is 869. The van der Waals surface area contributed by atoms with Gasteiger partial charge in [0.05, 0.1) is 5.52 Å². The van der Waals surface area contributed by atoms with E-state index >= 15 is 0 Å². The molecular formula is C19H21N5. The molecule has 4 rings (SSSR count). The summed E-state index contributed by atoms with van der Waals surface area (Å²) in [6, 6.07) is 14.8. The van der Waals surface area contributed by atoms with Crippen molar-refractivity contribution < 1.29 is 0 Å². The first-order valence-corrected chi connectivity index (χ1v) is 8.26. The lowest BCUT2D eigenvalue weighted by molar-refractivity contribution is 0.313. The van der Waals surface area contributed by atoms with Crippen LogP contribution in [0.3, 0.4) is 0 Å². The average molecular weight is 319 g/mol. The first-order valence-electron chi connectivity index (χ1n) is 8.26. The Kier molecular flexibility index (Phi) is 3.78. The van der Waals surface area contributed by atoms with Crippen LogP contribution in [0, 0.1) is 0 Å². The molecule has 0 radical (unpaired) electrons. The van der Waals surface area contributed by atoms with Crippen molar-refractivity contribution in [1.29, 1.82) is 0 Å². The molecule has 3 aromatic rings. The molecule has 2 heterocycles. The summed E-state index contributed by atoms with van der Waals surface area (Å²) in [6.07, 6.45) is 1.82. The van der Waals surface area contributed by atoms with E-state index < -0.39 is 0 Å². The number of anilines is 2. The van der Waals surface area contributed by atoms with Gasteiger partial charge >= 0.3 is 0 Å². The molecule has 0 atom stereocenters. The lowest BCUT2D eigenvalue weighted by Crippen LogP contribution is -2.44. The topological polar surface area (TPSA) is 58.3 Å². The molecule has 0 amide bonds. The Balaban J connectivity index is 1.74. The summed E-state index contributed by atoms with van der Waals surface area (Å²) in [5, 5.41) is 1.03. The molecule has 0 saturated carbocycles. The summed E-state index contributed by atoms with van der Waals surface area (Å²) in [5.41, 5.74) is 10.2. The number of likely N-dealkylation sites (N-methyl/N-ethyl adjacent to an activating group) is 1. The Morgan fingerprint density at radius 3 is 2.62 bits per heavy atom. The van der Waals surface area contributed by atoms with Crippen LogP contribution in [0.25, 0.3) is 22.0 Å². The molecule has 1 aliphatic rings. The minimum Gasteiger partial charge on any atom is -0.369 e. The number of nitrogens with two attached hydrogens (primary N) is 1. The number of hydrogen-bond donors (Lipinski definition) is 1. The van der Waals surface area contributed by atoms with Crippen LogP contribution >= 0.6 is 0 Å². The number of benzene rings is 2. The maximum absolute atomic E-state index is 5.71. The number of fused-ring (bicyclic) bond motifs is 1. The lowest BCUT2D eigenvalue weighted by Gasteiger charge is -2.34. The number of piperazine rings is 1. The molecule has 2 aromatic carbocycles. The van der Waals surface area contributed by atoms with E-state index in [2.05, 4.69) is 57.1 Å². The molecule has 0 unspecified atom stereocenters. The second-order valence-corrected chi connectivity index (χ2v) is 6.31. The Labute approximate surface area is 141 Å². The highest BCUT2D eigenvalue weighted by molar-refractivity contribution is 5.94. The minimum atomic E-state index is 0.311. The molecule has 5 nitrogen and oxygen atoms in total. The SMILES string of the molecule is CN1CCN(c2cccc(-c3cccc4nc(N)ncc34)c2)CC1. The van der Waals surface area contributed by atoms with Crippen LogP contribution in [0.15, 0.2) is 48.7 Å². The van der Waals surface area contributed by atoms with E-state index in [9.17, 15) is 0 Å². The highest BCUT2D eigenvalue weighted by Crippen LogP contribution is 2.30. The van der Waals surface area contributed by atoms with Gasteiger partial charge in [0.15, 0.2) is 0 Å². The largest absolute Gasteiger partial charge is 0.369 e. The highest BCUT2D eigenvalue weighted by atomic mass is 15.2. The fourth-order valence-electron chi connectivity index (χ4n) is 3.26. The average Bonchev–Trinajstić information content (AvgIpc) is 2.61. The fraction of sp³-hybridized carbons (Fsp3) is 0.263. The van der Waals surface area contributed by atoms with Gasteiger partial charge in [0.1, 0.15) is 0 Å². The normalized spacial score (nSPS) is 15.8. The predicted molar refractivity (Wildman–Crippen MR) is 99.1 cm³/mol. The molecule has 0 spiro atoms. The summed E-state index contributed by atoms with van der Waals surface area (Å²) >= 11 is 0. The molecule has 1 fully saturated rings. The molecule has 1 aromatic heterocycles. The third-order valence-corrected chi connectivity index (χ3v) is 4.67. The van der Waals surface area contributed by atoms with Gasteiger partial charge in [0, 0.05) is 43.4 Å². The van der Waals surface area contributed by atoms with Crippen LogP contribution < -0.4 is 10.6 Å². The second-order valence-electron chi connectivity index (χ2n) is 6.31. The second kappa shape index (κ2) is 6.09. The summed E-state index contributed by atoms with van der Waals surface area (Å²) in [6.45, 7) is 4.33. The van der Waals surface area contributed by atoms with E-state index in [-0.39, 0.29) is 0 Å². The van der Waals surface area contributed by atoms with Crippen molar-refractivity contribution in [2.24, 2.45) is 0 Å². The highest BCUT2D eigenvalue weighted by Gasteiger charge is 2.15. The quantitative estimate of drug-likeness (QED) is 0.787. The van der Waals surface area contributed by atoms with Crippen molar-refractivity contribution in [2.75, 3.05) is 43.9 Å². The van der Waals surface area contributed by atoms with Crippen LogP contribution in [-0.4, -0.2) is 48.1 Å². The molecular weight excluding hydrogens is 298 g/mol. The first kappa shape index (κ1) is 14.9. The summed E-state index contributed by atoms with van der Waals surface area (Å²) in [7, 11) is 2.18. The van der Waals surface area contributed by atoms with Crippen LogP contribution in [0.5, 0.6) is 0 Å². The molecule has 0 bridgehead atoms. The van der Waals surface area contributed by atoms with Crippen LogP contribution in [-0.2, 0) is 0 Å². The predicted octanol–water partition coefficient (Wildman–Crippen LogP) is 2.63. The lowest BCUT2D eigenvalue weighted by atomic mass is 10.0. The monoisotopic (exact) mass is 319 g/mol. The number of nitrogens with zero attached hydrogens (tertiary/aromatic N) is 4. The maximum Gasteiger partial charge on any atom is 0.220 e. The first-order chi connectivity index (χ1) is 11.7. The molecule has 1 saturated heterocycles. The third kappa shape index (κ3) is 2.78. The summed E-state index contributed by atoms with van der Waals surface area (Å²) in [5.74, 6) is 0.311. The maximum atomic E-state index is 5.71. The zero-order valence-corrected chi connectivity index (χ0v) is 13.8. The van der Waals surface area contributed by atoms with E-state index in [1.54, 1.807) is 0 Å². The van der Waals surface area contributed by atoms with Crippen LogP contribution in [0.4, 0.5) is 11.6 Å². The Morgan fingerprint density at radius 1 is 1.00 bits per heavy atom. The summed E-state index contributed by atoms with van der Waals surface area (Å²) in [4.78, 5) is 13.3. The van der Waals surface area contributed by atoms with Crippen LogP contribution in [0.1, 0.15) is 0 Å². The van der Waals surface area contributed by atoms with Crippen molar-refractivity contribution in [3.63, 3.8) is 0 Å². The summed E-state index contributed by atoms with van der Waals surface area (Å²) < 4.78 is 0. The van der Waals surface area contributed by atoms with Gasteiger partial charge in [-0.2, -0.15) is 0 Å². The zero-order chi connectivity index (χ0) is 16.5. The van der Waals surface area contributed by atoms with Crippen molar-refractivity contribution in [1.82, 2.24) is 14.9 Å². The zero-order valence-electron chi connectivity index (χ0n) is 13.8. The van der Waals surface area contributed by atoms with Crippen LogP contribution in [0.2, 0.25) is 0 Å². The van der Waals surface area contributed by atoms with Crippen molar-refractivity contribution in [3.05, 3.63) is 48.7 Å². The molecule has 2 N–H and O–H groups in total. The van der Waals surface area contributed by atoms with E-state index in [1.165, 1.54) is 11.3 Å². The van der Waals surface area contributed by atoms with Gasteiger partial charge in [-0.05, 0) is 36.4 Å². The van der Waals surface area contributed by atoms with E-state index in [0.29, 0.717) is 5.95 Å². The fourth-order valence-corrected chi connectivity index (χ4v) is 3.26. The molecule has 0 aliphatic carbocycles. The van der Waals surface area contributed by atoms with Gasteiger partial charge in [-0.1, -0.05) is 24.3 Å². The minimum absolute atomic E-state index is 0.311. The van der Waals surface area contributed by atoms with E-state index in [1.807, 2.05) is 18.3 Å². The Hall–Kier alpha value is -2.66. The van der Waals surface area contributed by atoms with Crippen molar-refractivity contribution >= 4 is 22.5 Å². The number of rotatable bonds is 2. The molecule has 5 heteroatoms. The standard InChI is InChI=1S/C19H21N5/c1-23-8-10-24(11-9-23)15-5-2-4-14(12-15)16-6-3-7-18-17(16)13-21-19(20)22-18/h2-7,12-13H,8-11H2,1H3,(H2,20,21,22). The third-order valence-electron chi connectivity index (χ3n) is 4.67. The van der Waals surface area contributed by atoms with Gasteiger partial charge in [-0.3, -0.25) is 0 Å². The molecule has 24 heavy (non-hydrogen) atoms. The van der Waals surface area contributed by atoms with E-state index in [0.717, 1.165) is 42.6 Å². The number of aromatic nitrogens is 2. The van der Waals surface area contributed by atoms with Crippen molar-refractivity contribution in [2.45, 2.75) is 0 Å². The van der Waals surface area contributed by atoms with Gasteiger partial charge in [-0.25, -0.2) is 9.97 Å². The van der Waals surface area contributed by atoms with Gasteiger partial charge in [0.25, 0.3) is 0 Å². The van der Waals surface area contributed by atoms with E-state index in [4.69, 9.17) is 5.73 Å². The number of hydrogen-bond acceptors (Lipinski definition) is 5. The Morgan fingerprint density at radius 2 is 1.79 bits per heavy atom. The molecule has 122 valence electrons.